The number of nitrogen functional groups attached to an aromatic ring is 1. The normalized spacial score (nSPS) is 14.4. The fourth-order valence-electron chi connectivity index (χ4n) is 2.77. The van der Waals surface area contributed by atoms with Gasteiger partial charge in [-0.05, 0) is 86.6 Å². The van der Waals surface area contributed by atoms with Gasteiger partial charge in [-0.1, -0.05) is 0 Å². The molecule has 0 amide bonds. The molecule has 0 aliphatic rings. The average Bonchev–Trinajstić information content (AvgIpc) is 2.79. The summed E-state index contributed by atoms with van der Waals surface area (Å²) in [4.78, 5) is 0. The molecular formula is C24H30N3O6P. The lowest BCUT2D eigenvalue weighted by Gasteiger charge is -2.20. The molecule has 0 aromatic heterocycles. The molecule has 0 heterocycles. The zero-order valence-electron chi connectivity index (χ0n) is 19.0. The van der Waals surface area contributed by atoms with E-state index in [9.17, 15) is 14.8 Å². The fourth-order valence-corrected chi connectivity index (χ4v) is 4.02. The standard InChI is InChI=1S/C24H30N3O6P/c1-17(28)15-26-20-5-11-23(12-6-20)32-34(30,31-22-9-3-19(25)4-10-22)33-24-13-7-21(8-14-24)27-16-18(2)29/h3-14,17-18,26-29H,15-16,25H2,1-2H3. The predicted octanol–water partition coefficient (Wildman–Crippen LogP) is 4.50. The minimum atomic E-state index is -4.15. The largest absolute Gasteiger partial charge is 0.647 e. The second-order valence-corrected chi connectivity index (χ2v) is 9.24. The van der Waals surface area contributed by atoms with Crippen LogP contribution >= 0.6 is 7.82 Å². The van der Waals surface area contributed by atoms with Crippen molar-refractivity contribution in [3.05, 3.63) is 72.8 Å². The molecule has 3 rings (SSSR count). The molecule has 0 bridgehead atoms. The Bertz CT molecular complexity index is 1010. The van der Waals surface area contributed by atoms with E-state index in [1.165, 1.54) is 0 Å². The van der Waals surface area contributed by atoms with Crippen LogP contribution in [0.5, 0.6) is 17.2 Å². The molecule has 3 aromatic carbocycles. The van der Waals surface area contributed by atoms with Gasteiger partial charge in [0.25, 0.3) is 0 Å². The van der Waals surface area contributed by atoms with Crippen molar-refractivity contribution in [2.45, 2.75) is 26.1 Å². The highest BCUT2D eigenvalue weighted by Gasteiger charge is 2.33. The van der Waals surface area contributed by atoms with E-state index in [0.29, 0.717) is 18.8 Å². The van der Waals surface area contributed by atoms with Crippen molar-refractivity contribution >= 4 is 24.9 Å². The van der Waals surface area contributed by atoms with Crippen LogP contribution in [0.15, 0.2) is 72.8 Å². The van der Waals surface area contributed by atoms with E-state index >= 15 is 0 Å². The summed E-state index contributed by atoms with van der Waals surface area (Å²) < 4.78 is 30.6. The summed E-state index contributed by atoms with van der Waals surface area (Å²) in [7, 11) is -4.15. The lowest BCUT2D eigenvalue weighted by Crippen LogP contribution is -2.15. The van der Waals surface area contributed by atoms with Crippen molar-refractivity contribution in [1.82, 2.24) is 0 Å². The van der Waals surface area contributed by atoms with Gasteiger partial charge in [0.05, 0.1) is 12.2 Å². The van der Waals surface area contributed by atoms with Crippen LogP contribution in [0, 0.1) is 0 Å². The van der Waals surface area contributed by atoms with E-state index in [1.807, 2.05) is 0 Å². The first-order chi connectivity index (χ1) is 16.2. The summed E-state index contributed by atoms with van der Waals surface area (Å²) in [6, 6.07) is 19.8. The Labute approximate surface area is 199 Å². The van der Waals surface area contributed by atoms with Gasteiger partial charge in [0.1, 0.15) is 17.2 Å². The molecule has 2 unspecified atom stereocenters. The second kappa shape index (κ2) is 11.7. The SMILES string of the molecule is CC(O)CNc1ccc(OP(=O)(Oc2ccc(N)cc2)Oc2ccc(NCC(C)O)cc2)cc1. The summed E-state index contributed by atoms with van der Waals surface area (Å²) >= 11 is 0. The minimum Gasteiger partial charge on any atom is -0.399 e. The summed E-state index contributed by atoms with van der Waals surface area (Å²) in [5, 5.41) is 25.0. The zero-order valence-corrected chi connectivity index (χ0v) is 19.9. The maximum atomic E-state index is 13.6. The van der Waals surface area contributed by atoms with Gasteiger partial charge in [-0.15, -0.1) is 0 Å². The molecule has 2 atom stereocenters. The highest BCUT2D eigenvalue weighted by atomic mass is 31.2. The maximum absolute atomic E-state index is 13.6. The zero-order chi connectivity index (χ0) is 24.6. The monoisotopic (exact) mass is 487 g/mol. The van der Waals surface area contributed by atoms with Crippen LogP contribution in [-0.4, -0.2) is 35.5 Å². The quantitative estimate of drug-likeness (QED) is 0.185. The Morgan fingerprint density at radius 1 is 0.706 bits per heavy atom. The molecule has 3 aromatic rings. The van der Waals surface area contributed by atoms with Gasteiger partial charge < -0.3 is 40.2 Å². The topological polar surface area (TPSA) is 135 Å². The van der Waals surface area contributed by atoms with Gasteiger partial charge in [0, 0.05) is 30.2 Å². The first-order valence-corrected chi connectivity index (χ1v) is 12.3. The predicted molar refractivity (Wildman–Crippen MR) is 134 cm³/mol. The van der Waals surface area contributed by atoms with Crippen LogP contribution in [0.4, 0.5) is 17.1 Å². The Morgan fingerprint density at radius 2 is 1.03 bits per heavy atom. The van der Waals surface area contributed by atoms with Crippen LogP contribution < -0.4 is 29.9 Å². The minimum absolute atomic E-state index is 0.267. The lowest BCUT2D eigenvalue weighted by atomic mass is 10.3. The van der Waals surface area contributed by atoms with E-state index in [0.717, 1.165) is 11.4 Å². The second-order valence-electron chi connectivity index (χ2n) is 7.80. The third-order valence-electron chi connectivity index (χ3n) is 4.44. The molecule has 34 heavy (non-hydrogen) atoms. The van der Waals surface area contributed by atoms with Crippen LogP contribution in [-0.2, 0) is 4.57 Å². The number of aliphatic hydroxyl groups excluding tert-OH is 2. The van der Waals surface area contributed by atoms with Crippen LogP contribution in [0.2, 0.25) is 0 Å². The number of aliphatic hydroxyl groups is 2. The summed E-state index contributed by atoms with van der Waals surface area (Å²) in [6.45, 7) is 4.15. The summed E-state index contributed by atoms with van der Waals surface area (Å²) in [5.41, 5.74) is 7.79. The van der Waals surface area contributed by atoms with Gasteiger partial charge in [-0.2, -0.15) is 4.57 Å². The highest BCUT2D eigenvalue weighted by molar-refractivity contribution is 7.49. The summed E-state index contributed by atoms with van der Waals surface area (Å²) in [6.07, 6.45) is -0.988. The molecule has 10 heteroatoms. The number of anilines is 3. The van der Waals surface area contributed by atoms with Gasteiger partial charge in [-0.25, -0.2) is 0 Å². The van der Waals surface area contributed by atoms with Crippen molar-refractivity contribution in [2.24, 2.45) is 0 Å². The van der Waals surface area contributed by atoms with Crippen LogP contribution in [0.1, 0.15) is 13.8 Å². The number of nitrogens with two attached hydrogens (primary N) is 1. The lowest BCUT2D eigenvalue weighted by molar-refractivity contribution is 0.208. The molecule has 182 valence electrons. The summed E-state index contributed by atoms with van der Waals surface area (Å²) in [5.74, 6) is 0.816. The Hall–Kier alpha value is -3.39. The first-order valence-electron chi connectivity index (χ1n) is 10.8. The van der Waals surface area contributed by atoms with E-state index in [-0.39, 0.29) is 17.2 Å². The average molecular weight is 487 g/mol. The van der Waals surface area contributed by atoms with Crippen molar-refractivity contribution in [1.29, 1.82) is 0 Å². The number of rotatable bonds is 12. The molecule has 0 spiro atoms. The van der Waals surface area contributed by atoms with E-state index < -0.39 is 20.0 Å². The Balaban J connectivity index is 1.76. The van der Waals surface area contributed by atoms with Gasteiger partial charge in [-0.3, -0.25) is 0 Å². The Morgan fingerprint density at radius 3 is 1.35 bits per heavy atom. The highest BCUT2D eigenvalue weighted by Crippen LogP contribution is 2.50. The number of benzene rings is 3. The molecule has 0 aliphatic carbocycles. The number of hydrogen-bond acceptors (Lipinski definition) is 9. The van der Waals surface area contributed by atoms with Crippen molar-refractivity contribution in [3.8, 4) is 17.2 Å². The molecule has 0 saturated heterocycles. The van der Waals surface area contributed by atoms with Gasteiger partial charge >= 0.3 is 7.82 Å². The third-order valence-corrected chi connectivity index (χ3v) is 5.75. The van der Waals surface area contributed by atoms with Crippen LogP contribution in [0.25, 0.3) is 0 Å². The number of phosphoric ester groups is 1. The number of hydrogen-bond donors (Lipinski definition) is 5. The smallest absolute Gasteiger partial charge is 0.399 e. The molecule has 0 fully saturated rings. The first kappa shape index (κ1) is 25.2. The van der Waals surface area contributed by atoms with E-state index in [2.05, 4.69) is 10.6 Å². The molecule has 0 aliphatic heterocycles. The van der Waals surface area contributed by atoms with Crippen molar-refractivity contribution < 1.29 is 28.3 Å². The third kappa shape index (κ3) is 8.19. The van der Waals surface area contributed by atoms with Crippen molar-refractivity contribution in [2.75, 3.05) is 29.5 Å². The molecule has 0 radical (unpaired) electrons. The number of nitrogens with one attached hydrogen (secondary N) is 2. The number of phosphoric acid groups is 1. The maximum Gasteiger partial charge on any atom is 0.647 e. The van der Waals surface area contributed by atoms with E-state index in [1.54, 1.807) is 86.6 Å². The van der Waals surface area contributed by atoms with Crippen LogP contribution in [0.3, 0.4) is 0 Å². The molecular weight excluding hydrogens is 457 g/mol. The van der Waals surface area contributed by atoms with E-state index in [4.69, 9.17) is 19.3 Å². The molecule has 0 saturated carbocycles. The van der Waals surface area contributed by atoms with Crippen molar-refractivity contribution in [3.63, 3.8) is 0 Å². The Kier molecular flexibility index (Phi) is 8.65. The molecule has 9 nitrogen and oxygen atoms in total. The molecule has 6 N–H and O–H groups in total. The fraction of sp³-hybridized carbons (Fsp3) is 0.250. The van der Waals surface area contributed by atoms with Gasteiger partial charge in [0.15, 0.2) is 0 Å². The van der Waals surface area contributed by atoms with Gasteiger partial charge in [0.2, 0.25) is 0 Å².